The number of aliphatic carboxylic acids is 1. The van der Waals surface area contributed by atoms with Gasteiger partial charge < -0.3 is 66.2 Å². The number of ether oxygens (including phenoxy) is 1. The average molecular weight is 1210 g/mol. The first kappa shape index (κ1) is 78.8. The van der Waals surface area contributed by atoms with Crippen LogP contribution in [0, 0.1) is 41.4 Å². The van der Waals surface area contributed by atoms with E-state index in [2.05, 4.69) is 31.9 Å². The number of rotatable bonds is 38. The van der Waals surface area contributed by atoms with Crippen LogP contribution in [0.25, 0.3) is 0 Å². The van der Waals surface area contributed by atoms with E-state index in [0.717, 1.165) is 0 Å². The SMILES string of the molecule is C/C=C/C[C@@H](C)C[C@@H](C(=O)N[C@@H](CC)C(=O)O)N(C)C(=O)C(C(C)C)N(C)C(=O)[C@H](CC(C)C)N(C)C(=O)[C@H](CC(C)C)N(C)C(=O)[C@@H](C)NC(=O)[C@H](C)NC(=O)[C@H](CC(C)C)N(C)C(=O)C(NC(=O)[C@@H](NC(=O)CNC)[C@H](C)COC)C(C)C. The van der Waals surface area contributed by atoms with Gasteiger partial charge in [-0.15, -0.1) is 0 Å². The Morgan fingerprint density at radius 1 is 0.494 bits per heavy atom. The second-order valence-corrected chi connectivity index (χ2v) is 25.0. The number of carboxylic acids is 1. The number of nitrogens with one attached hydrogen (secondary N) is 6. The molecule has 10 amide bonds. The van der Waals surface area contributed by atoms with Crippen LogP contribution in [0.4, 0.5) is 0 Å². The molecule has 0 saturated carbocycles. The highest BCUT2D eigenvalue weighted by atomic mass is 16.5. The molecule has 0 aromatic carbocycles. The van der Waals surface area contributed by atoms with Crippen molar-refractivity contribution in [2.45, 2.75) is 210 Å². The first-order chi connectivity index (χ1) is 39.4. The van der Waals surface area contributed by atoms with Crippen LogP contribution in [0.5, 0.6) is 0 Å². The van der Waals surface area contributed by atoms with Gasteiger partial charge in [0.2, 0.25) is 59.1 Å². The fourth-order valence-electron chi connectivity index (χ4n) is 10.1. The fourth-order valence-corrected chi connectivity index (χ4v) is 10.1. The second-order valence-electron chi connectivity index (χ2n) is 25.0. The van der Waals surface area contributed by atoms with Crippen LogP contribution in [0.2, 0.25) is 0 Å². The number of hydrogen-bond donors (Lipinski definition) is 7. The van der Waals surface area contributed by atoms with E-state index < -0.39 is 143 Å². The number of amides is 10. The highest BCUT2D eigenvalue weighted by Crippen LogP contribution is 2.25. The Hall–Kier alpha value is -6.17. The molecule has 0 spiro atoms. The zero-order valence-electron chi connectivity index (χ0n) is 55.7. The molecule has 0 rings (SSSR count). The molecule has 0 aliphatic carbocycles. The predicted octanol–water partition coefficient (Wildman–Crippen LogP) is 3.02. The zero-order chi connectivity index (χ0) is 66.1. The van der Waals surface area contributed by atoms with Gasteiger partial charge in [0.1, 0.15) is 60.4 Å². The van der Waals surface area contributed by atoms with Crippen molar-refractivity contribution in [2.75, 3.05) is 62.5 Å². The Kier molecular flexibility index (Phi) is 35.3. The molecule has 0 aliphatic heterocycles. The largest absolute Gasteiger partial charge is 0.480 e. The first-order valence-electron chi connectivity index (χ1n) is 30.2. The monoisotopic (exact) mass is 1210 g/mol. The smallest absolute Gasteiger partial charge is 0.326 e. The lowest BCUT2D eigenvalue weighted by molar-refractivity contribution is -0.156. The maximum atomic E-state index is 14.9. The number of methoxy groups -OCH3 is 1. The molecule has 0 saturated heterocycles. The highest BCUT2D eigenvalue weighted by Gasteiger charge is 2.43. The summed E-state index contributed by atoms with van der Waals surface area (Å²) in [5.41, 5.74) is 0. The topological polar surface area (TPSA) is 306 Å². The molecule has 0 aliphatic rings. The van der Waals surface area contributed by atoms with E-state index in [1.165, 1.54) is 80.7 Å². The van der Waals surface area contributed by atoms with Gasteiger partial charge in [0.05, 0.1) is 13.2 Å². The minimum atomic E-state index is -1.23. The van der Waals surface area contributed by atoms with E-state index >= 15 is 0 Å². The molecule has 0 bridgehead atoms. The van der Waals surface area contributed by atoms with Gasteiger partial charge in [-0.1, -0.05) is 102 Å². The Balaban J connectivity index is 6.82. The van der Waals surface area contributed by atoms with Gasteiger partial charge in [-0.3, -0.25) is 47.9 Å². The normalized spacial score (nSPS) is 16.0. The molecule has 12 atom stereocenters. The molecule has 0 fully saturated rings. The van der Waals surface area contributed by atoms with Gasteiger partial charge in [0, 0.05) is 48.3 Å². The quantitative estimate of drug-likeness (QED) is 0.0438. The lowest BCUT2D eigenvalue weighted by Crippen LogP contribution is -2.61. The summed E-state index contributed by atoms with van der Waals surface area (Å²) in [4.78, 5) is 160. The van der Waals surface area contributed by atoms with Gasteiger partial charge >= 0.3 is 5.97 Å². The van der Waals surface area contributed by atoms with Gasteiger partial charge in [-0.2, -0.15) is 0 Å². The molecule has 488 valence electrons. The molecule has 24 nitrogen and oxygen atoms in total. The molecule has 0 aromatic rings. The van der Waals surface area contributed by atoms with Crippen LogP contribution in [-0.2, 0) is 57.5 Å². The van der Waals surface area contributed by atoms with Crippen LogP contribution in [0.3, 0.4) is 0 Å². The van der Waals surface area contributed by atoms with E-state index in [4.69, 9.17) is 4.74 Å². The molecule has 2 unspecified atom stereocenters. The van der Waals surface area contributed by atoms with Crippen LogP contribution in [-0.4, -0.2) is 218 Å². The number of carboxylic acid groups (broad SMARTS) is 1. The summed E-state index contributed by atoms with van der Waals surface area (Å²) in [5, 5.41) is 25.9. The number of likely N-dealkylation sites (N-methyl/N-ethyl adjacent to an activating group) is 6. The van der Waals surface area contributed by atoms with Crippen molar-refractivity contribution in [3.05, 3.63) is 12.2 Å². The predicted molar refractivity (Wildman–Crippen MR) is 328 cm³/mol. The van der Waals surface area contributed by atoms with Crippen LogP contribution in [0.15, 0.2) is 12.2 Å². The van der Waals surface area contributed by atoms with Crippen molar-refractivity contribution in [2.24, 2.45) is 41.4 Å². The van der Waals surface area contributed by atoms with Crippen LogP contribution in [0.1, 0.15) is 149 Å². The second kappa shape index (κ2) is 38.1. The van der Waals surface area contributed by atoms with Crippen molar-refractivity contribution in [1.82, 2.24) is 56.4 Å². The van der Waals surface area contributed by atoms with E-state index in [0.29, 0.717) is 6.42 Å². The Morgan fingerprint density at radius 3 is 1.39 bits per heavy atom. The Labute approximate surface area is 508 Å². The Bertz CT molecular complexity index is 2240. The molecule has 24 heteroatoms. The number of nitrogens with zero attached hydrogens (tertiary/aromatic N) is 5. The summed E-state index contributed by atoms with van der Waals surface area (Å²) in [5.74, 6) is -9.09. The minimum absolute atomic E-state index is 0.0499. The summed E-state index contributed by atoms with van der Waals surface area (Å²) >= 11 is 0. The molecular formula is C61H111N11O13. The first-order valence-corrected chi connectivity index (χ1v) is 30.2. The maximum absolute atomic E-state index is 14.9. The summed E-state index contributed by atoms with van der Waals surface area (Å²) in [6, 6.07) is -11.3. The fraction of sp³-hybridized carbons (Fsp3) is 0.787. The van der Waals surface area contributed by atoms with Crippen molar-refractivity contribution >= 4 is 65.0 Å². The van der Waals surface area contributed by atoms with E-state index in [1.54, 1.807) is 48.6 Å². The van der Waals surface area contributed by atoms with Crippen LogP contribution >= 0.6 is 0 Å². The molecule has 85 heavy (non-hydrogen) atoms. The third-order valence-electron chi connectivity index (χ3n) is 15.2. The maximum Gasteiger partial charge on any atom is 0.326 e. The van der Waals surface area contributed by atoms with Crippen molar-refractivity contribution < 1.29 is 62.6 Å². The summed E-state index contributed by atoms with van der Waals surface area (Å²) in [6.45, 7) is 28.3. The average Bonchev–Trinajstić information content (AvgIpc) is 3.62. The van der Waals surface area contributed by atoms with Gasteiger partial charge in [0.25, 0.3) is 0 Å². The van der Waals surface area contributed by atoms with E-state index in [-0.39, 0.29) is 68.9 Å². The molecular weight excluding hydrogens is 1090 g/mol. The summed E-state index contributed by atoms with van der Waals surface area (Å²) < 4.78 is 5.26. The summed E-state index contributed by atoms with van der Waals surface area (Å²) in [7, 11) is 10.4. The van der Waals surface area contributed by atoms with Gasteiger partial charge in [-0.25, -0.2) is 4.79 Å². The van der Waals surface area contributed by atoms with E-state index in [1.807, 2.05) is 67.5 Å². The standard InChI is InChI=1S/C61H111N11O13/c1-24-26-27-39(13)31-45(54(76)65-43(25-2)61(83)84)69(19)60(82)51(38(11)12)72(22)58(80)47(30-36(7)8)71(21)57(79)46(29-35(5)6)70(20)56(78)42(16)64-52(74)41(15)63-53(75)44(28-34(3)4)68(18)59(81)49(37(9)10)67-55(77)50(40(14)33-85-23)66-48(73)32-62-17/h24,26,34-47,49-51,62H,25,27-33H2,1-23H3,(H,63,75)(H,64,74)(H,65,76)(H,66,73)(H,67,77)(H,83,84)/b26-24+/t39-,40-,41+,42-,43+,44+,45+,46+,47+,49?,50+,51?/m1/s1. The molecule has 7 N–H and O–H groups in total. The van der Waals surface area contributed by atoms with Crippen LogP contribution < -0.4 is 31.9 Å². The Morgan fingerprint density at radius 2 is 0.941 bits per heavy atom. The number of hydrogen-bond acceptors (Lipinski definition) is 13. The number of carbonyl (C=O) groups excluding carboxylic acids is 10. The third-order valence-corrected chi connectivity index (χ3v) is 15.2. The number of carbonyl (C=O) groups is 11. The molecule has 0 radical (unpaired) electrons. The highest BCUT2D eigenvalue weighted by molar-refractivity contribution is 5.99. The van der Waals surface area contributed by atoms with Gasteiger partial charge in [0.15, 0.2) is 0 Å². The summed E-state index contributed by atoms with van der Waals surface area (Å²) in [6.07, 6.45) is 5.26. The number of allylic oxidation sites excluding steroid dienone is 2. The van der Waals surface area contributed by atoms with Crippen molar-refractivity contribution in [1.29, 1.82) is 0 Å². The zero-order valence-corrected chi connectivity index (χ0v) is 55.7. The van der Waals surface area contributed by atoms with E-state index in [9.17, 15) is 57.8 Å². The molecule has 0 aromatic heterocycles. The third kappa shape index (κ3) is 25.0. The van der Waals surface area contributed by atoms with Crippen molar-refractivity contribution in [3.8, 4) is 0 Å². The lowest BCUT2D eigenvalue weighted by Gasteiger charge is -2.41. The van der Waals surface area contributed by atoms with Gasteiger partial charge in [-0.05, 0) is 102 Å². The lowest BCUT2D eigenvalue weighted by atomic mass is 9.93. The minimum Gasteiger partial charge on any atom is -0.480 e. The molecule has 0 heterocycles. The van der Waals surface area contributed by atoms with Crippen molar-refractivity contribution in [3.63, 3.8) is 0 Å².